The first-order valence-electron chi connectivity index (χ1n) is 7.95. The summed E-state index contributed by atoms with van der Waals surface area (Å²) in [5.74, 6) is 1.44. The minimum absolute atomic E-state index is 0.269. The first kappa shape index (κ1) is 15.8. The van der Waals surface area contributed by atoms with Gasteiger partial charge < -0.3 is 4.57 Å². The molecule has 0 spiro atoms. The van der Waals surface area contributed by atoms with Crippen molar-refractivity contribution >= 4 is 22.2 Å². The zero-order valence-electron chi connectivity index (χ0n) is 13.9. The maximum Gasteiger partial charge on any atom is 0.143 e. The Morgan fingerprint density at radius 3 is 2.84 bits per heavy atom. The summed E-state index contributed by atoms with van der Waals surface area (Å²) < 4.78 is 15.4. The molecule has 0 saturated carbocycles. The van der Waals surface area contributed by atoms with E-state index in [0.29, 0.717) is 6.42 Å². The van der Waals surface area contributed by atoms with E-state index in [1.807, 2.05) is 30.1 Å². The fourth-order valence-corrected chi connectivity index (χ4v) is 3.43. The Labute approximate surface area is 148 Å². The van der Waals surface area contributed by atoms with Crippen LogP contribution in [-0.4, -0.2) is 24.5 Å². The van der Waals surface area contributed by atoms with E-state index >= 15 is 0 Å². The molecule has 5 nitrogen and oxygen atoms in total. The second kappa shape index (κ2) is 6.33. The highest BCUT2D eigenvalue weighted by molar-refractivity contribution is 7.13. The lowest BCUT2D eigenvalue weighted by atomic mass is 10.2. The lowest BCUT2D eigenvalue weighted by Crippen LogP contribution is -2.04. The van der Waals surface area contributed by atoms with E-state index in [1.165, 1.54) is 12.1 Å². The Morgan fingerprint density at radius 1 is 1.16 bits per heavy atom. The van der Waals surface area contributed by atoms with Gasteiger partial charge in [0.2, 0.25) is 0 Å². The molecule has 1 aromatic carbocycles. The molecule has 126 valence electrons. The Morgan fingerprint density at radius 2 is 2.04 bits per heavy atom. The second-order valence-corrected chi connectivity index (χ2v) is 6.77. The van der Waals surface area contributed by atoms with Crippen molar-refractivity contribution in [2.45, 2.75) is 19.8 Å². The van der Waals surface area contributed by atoms with Gasteiger partial charge in [0.25, 0.3) is 0 Å². The molecule has 0 amide bonds. The van der Waals surface area contributed by atoms with Gasteiger partial charge in [-0.25, -0.2) is 24.3 Å². The highest BCUT2D eigenvalue weighted by Gasteiger charge is 2.11. The summed E-state index contributed by atoms with van der Waals surface area (Å²) in [4.78, 5) is 18.0. The molecule has 0 bridgehead atoms. The summed E-state index contributed by atoms with van der Waals surface area (Å²) in [5.41, 5.74) is 2.45. The number of nitrogens with zero attached hydrogens (tertiary/aromatic N) is 5. The zero-order chi connectivity index (χ0) is 17.4. The van der Waals surface area contributed by atoms with Crippen LogP contribution in [0.1, 0.15) is 17.3 Å². The van der Waals surface area contributed by atoms with Crippen molar-refractivity contribution in [1.29, 1.82) is 0 Å². The van der Waals surface area contributed by atoms with Crippen LogP contribution >= 0.6 is 11.3 Å². The molecule has 4 aromatic rings. The second-order valence-electron chi connectivity index (χ2n) is 5.88. The maximum atomic E-state index is 13.4. The predicted molar refractivity (Wildman–Crippen MR) is 96.0 cm³/mol. The molecule has 3 aromatic heterocycles. The number of aryl methyl sites for hydroxylation is 4. The fraction of sp³-hybridized carbons (Fsp3) is 0.222. The number of halogens is 1. The molecule has 0 unspecified atom stereocenters. The van der Waals surface area contributed by atoms with Gasteiger partial charge in [0.15, 0.2) is 0 Å². The van der Waals surface area contributed by atoms with Crippen molar-refractivity contribution < 1.29 is 4.39 Å². The van der Waals surface area contributed by atoms with Crippen LogP contribution in [0.2, 0.25) is 0 Å². The third-order valence-corrected chi connectivity index (χ3v) is 4.89. The third kappa shape index (κ3) is 3.15. The molecule has 0 aliphatic heterocycles. The van der Waals surface area contributed by atoms with Gasteiger partial charge in [-0.15, -0.1) is 11.3 Å². The van der Waals surface area contributed by atoms with Crippen molar-refractivity contribution in [3.8, 4) is 10.7 Å². The summed E-state index contributed by atoms with van der Waals surface area (Å²) >= 11 is 1.57. The van der Waals surface area contributed by atoms with Gasteiger partial charge in [0.1, 0.15) is 28.2 Å². The molecule has 0 N–H and O–H groups in total. The minimum Gasteiger partial charge on any atom is -0.337 e. The average molecular weight is 353 g/mol. The van der Waals surface area contributed by atoms with E-state index < -0.39 is 0 Å². The Hall–Kier alpha value is -2.67. The van der Waals surface area contributed by atoms with Crippen LogP contribution < -0.4 is 0 Å². The van der Waals surface area contributed by atoms with Crippen molar-refractivity contribution in [3.05, 3.63) is 59.1 Å². The zero-order valence-corrected chi connectivity index (χ0v) is 14.7. The Balaban J connectivity index is 1.57. The number of hydrogen-bond acceptors (Lipinski definition) is 5. The van der Waals surface area contributed by atoms with Crippen LogP contribution in [-0.2, 0) is 19.9 Å². The van der Waals surface area contributed by atoms with E-state index in [4.69, 9.17) is 0 Å². The van der Waals surface area contributed by atoms with E-state index in [9.17, 15) is 4.39 Å². The fourth-order valence-electron chi connectivity index (χ4n) is 2.84. The SMILES string of the molecule is Cc1nc(CCc2nc(-c3nccs3)cn2C)nc2ccc(F)cc12. The standard InChI is InChI=1S/C18H16FN5S/c1-11-13-9-12(19)3-4-14(13)22-16(21-11)5-6-17-23-15(10-24(17)2)18-20-7-8-25-18/h3-4,7-10H,5-6H2,1-2H3. The van der Waals surface area contributed by atoms with Crippen molar-refractivity contribution in [2.24, 2.45) is 7.05 Å². The van der Waals surface area contributed by atoms with E-state index in [-0.39, 0.29) is 5.82 Å². The molecule has 25 heavy (non-hydrogen) atoms. The van der Waals surface area contributed by atoms with Crippen LogP contribution in [0.3, 0.4) is 0 Å². The number of imidazole rings is 1. The van der Waals surface area contributed by atoms with E-state index in [2.05, 4.69) is 19.9 Å². The molecular formula is C18H16FN5S. The summed E-state index contributed by atoms with van der Waals surface area (Å²) in [6.45, 7) is 1.88. The first-order valence-corrected chi connectivity index (χ1v) is 8.83. The molecule has 0 saturated heterocycles. The Bertz CT molecular complexity index is 1040. The summed E-state index contributed by atoms with van der Waals surface area (Å²) in [6, 6.07) is 4.61. The monoisotopic (exact) mass is 353 g/mol. The van der Waals surface area contributed by atoms with Gasteiger partial charge in [0.05, 0.1) is 5.52 Å². The topological polar surface area (TPSA) is 56.5 Å². The van der Waals surface area contributed by atoms with Crippen molar-refractivity contribution in [1.82, 2.24) is 24.5 Å². The third-order valence-electron chi connectivity index (χ3n) is 4.09. The summed E-state index contributed by atoms with van der Waals surface area (Å²) in [7, 11) is 1.98. The normalized spacial score (nSPS) is 11.3. The highest BCUT2D eigenvalue weighted by Crippen LogP contribution is 2.21. The van der Waals surface area contributed by atoms with Gasteiger partial charge in [0, 0.05) is 48.7 Å². The van der Waals surface area contributed by atoms with Gasteiger partial charge in [-0.1, -0.05) is 0 Å². The van der Waals surface area contributed by atoms with E-state index in [1.54, 1.807) is 23.6 Å². The smallest absolute Gasteiger partial charge is 0.143 e. The molecule has 0 fully saturated rings. The molecule has 0 radical (unpaired) electrons. The molecule has 0 aliphatic rings. The number of thiazole rings is 1. The number of benzene rings is 1. The van der Waals surface area contributed by atoms with Crippen LogP contribution in [0.25, 0.3) is 21.6 Å². The van der Waals surface area contributed by atoms with Gasteiger partial charge in [-0.2, -0.15) is 0 Å². The minimum atomic E-state index is -0.269. The van der Waals surface area contributed by atoms with Crippen LogP contribution in [0, 0.1) is 12.7 Å². The molecule has 7 heteroatoms. The number of rotatable bonds is 4. The predicted octanol–water partition coefficient (Wildman–Crippen LogP) is 3.72. The molecular weight excluding hydrogens is 337 g/mol. The molecule has 0 atom stereocenters. The lowest BCUT2D eigenvalue weighted by Gasteiger charge is -2.06. The summed E-state index contributed by atoms with van der Waals surface area (Å²) in [5, 5.41) is 3.62. The van der Waals surface area contributed by atoms with Crippen LogP contribution in [0.5, 0.6) is 0 Å². The summed E-state index contributed by atoms with van der Waals surface area (Å²) in [6.07, 6.45) is 5.18. The maximum absolute atomic E-state index is 13.4. The molecule has 4 rings (SSSR count). The van der Waals surface area contributed by atoms with Crippen LogP contribution in [0.4, 0.5) is 4.39 Å². The first-order chi connectivity index (χ1) is 12.1. The van der Waals surface area contributed by atoms with Gasteiger partial charge in [-0.3, -0.25) is 0 Å². The number of hydrogen-bond donors (Lipinski definition) is 0. The Kier molecular flexibility index (Phi) is 4.01. The van der Waals surface area contributed by atoms with Crippen LogP contribution in [0.15, 0.2) is 36.0 Å². The van der Waals surface area contributed by atoms with E-state index in [0.717, 1.165) is 45.4 Å². The van der Waals surface area contributed by atoms with Gasteiger partial charge >= 0.3 is 0 Å². The lowest BCUT2D eigenvalue weighted by molar-refractivity contribution is 0.629. The number of fused-ring (bicyclic) bond motifs is 1. The largest absolute Gasteiger partial charge is 0.337 e. The molecule has 0 aliphatic carbocycles. The molecule has 3 heterocycles. The van der Waals surface area contributed by atoms with Gasteiger partial charge in [-0.05, 0) is 25.1 Å². The highest BCUT2D eigenvalue weighted by atomic mass is 32.1. The number of aromatic nitrogens is 5. The average Bonchev–Trinajstić information content (AvgIpc) is 3.23. The quantitative estimate of drug-likeness (QED) is 0.561. The van der Waals surface area contributed by atoms with Crippen molar-refractivity contribution in [3.63, 3.8) is 0 Å². The van der Waals surface area contributed by atoms with Crippen molar-refractivity contribution in [2.75, 3.05) is 0 Å².